The van der Waals surface area contributed by atoms with E-state index >= 15 is 0 Å². The highest BCUT2D eigenvalue weighted by Gasteiger charge is 2.29. The number of nitrogens with zero attached hydrogens (tertiary/aromatic N) is 3. The molecular formula is C22H19N3O4S2. The smallest absolute Gasteiger partial charge is 0.263 e. The van der Waals surface area contributed by atoms with E-state index in [1.165, 1.54) is 16.2 Å². The molecule has 7 nitrogen and oxygen atoms in total. The van der Waals surface area contributed by atoms with Crippen molar-refractivity contribution in [1.29, 1.82) is 0 Å². The number of anilines is 1. The maximum Gasteiger partial charge on any atom is 0.263 e. The minimum absolute atomic E-state index is 0.204. The average molecular weight is 454 g/mol. The minimum Gasteiger partial charge on any atom is -0.311 e. The van der Waals surface area contributed by atoms with Gasteiger partial charge in [-0.25, -0.2) is 8.42 Å². The van der Waals surface area contributed by atoms with Crippen LogP contribution in [-0.4, -0.2) is 42.8 Å². The first-order chi connectivity index (χ1) is 14.9. The zero-order chi connectivity index (χ0) is 22.0. The van der Waals surface area contributed by atoms with Crippen LogP contribution in [0.3, 0.4) is 0 Å². The highest BCUT2D eigenvalue weighted by atomic mass is 32.2. The molecule has 2 amide bonds. The Balaban J connectivity index is 1.52. The number of carbonyl (C=O) groups is 2. The Morgan fingerprint density at radius 1 is 1.10 bits per heavy atom. The Labute approximate surface area is 183 Å². The fourth-order valence-electron chi connectivity index (χ4n) is 3.59. The van der Waals surface area contributed by atoms with Gasteiger partial charge >= 0.3 is 0 Å². The van der Waals surface area contributed by atoms with Crippen LogP contribution in [0.25, 0.3) is 10.2 Å². The van der Waals surface area contributed by atoms with Gasteiger partial charge in [0.1, 0.15) is 11.5 Å². The minimum atomic E-state index is -3.97. The predicted octanol–water partition coefficient (Wildman–Crippen LogP) is 1.77. The summed E-state index contributed by atoms with van der Waals surface area (Å²) in [5.41, 5.74) is 2.55. The molecule has 1 aliphatic rings. The maximum atomic E-state index is 12.6. The van der Waals surface area contributed by atoms with Crippen molar-refractivity contribution in [3.63, 3.8) is 0 Å². The highest BCUT2D eigenvalue weighted by Crippen LogP contribution is 2.27. The first-order valence-corrected chi connectivity index (χ1v) is 12.2. The van der Waals surface area contributed by atoms with Crippen molar-refractivity contribution in [2.24, 2.45) is 4.99 Å². The van der Waals surface area contributed by atoms with Gasteiger partial charge in [-0.3, -0.25) is 9.59 Å². The third kappa shape index (κ3) is 4.45. The first-order valence-electron chi connectivity index (χ1n) is 9.56. The lowest BCUT2D eigenvalue weighted by Gasteiger charge is -2.17. The second-order valence-corrected chi connectivity index (χ2v) is 10.2. The number of sulfone groups is 1. The fourth-order valence-corrected chi connectivity index (χ4v) is 5.71. The van der Waals surface area contributed by atoms with Gasteiger partial charge in [0.05, 0.1) is 16.8 Å². The van der Waals surface area contributed by atoms with E-state index in [-0.39, 0.29) is 6.54 Å². The number of aromatic nitrogens is 1. The number of rotatable bonds is 5. The topological polar surface area (TPSA) is 88.8 Å². The summed E-state index contributed by atoms with van der Waals surface area (Å²) in [7, 11) is -3.97. The SMILES string of the molecule is C#CCn1c(=NC(=O)CS(=O)(=O)CC(=O)N2CCc3ccccc32)sc2ccccc21. The standard InChI is InChI=1S/C22H19N3O4S2/c1-2-12-25-18-9-5-6-10-19(18)30-22(25)23-20(26)14-31(28,29)15-21(27)24-13-11-16-7-3-4-8-17(16)24/h1,3-10H,11-15H2. The van der Waals surface area contributed by atoms with Gasteiger partial charge in [0, 0.05) is 12.2 Å². The van der Waals surface area contributed by atoms with Gasteiger partial charge < -0.3 is 9.47 Å². The van der Waals surface area contributed by atoms with Gasteiger partial charge in [-0.2, -0.15) is 4.99 Å². The van der Waals surface area contributed by atoms with Gasteiger partial charge in [0.25, 0.3) is 5.91 Å². The maximum absolute atomic E-state index is 12.6. The van der Waals surface area contributed by atoms with Crippen LogP contribution in [-0.2, 0) is 32.4 Å². The molecule has 0 spiro atoms. The number of fused-ring (bicyclic) bond motifs is 2. The van der Waals surface area contributed by atoms with Crippen LogP contribution in [0, 0.1) is 12.3 Å². The Morgan fingerprint density at radius 3 is 2.65 bits per heavy atom. The van der Waals surface area contributed by atoms with Gasteiger partial charge in [-0.1, -0.05) is 47.6 Å². The molecule has 1 aliphatic heterocycles. The predicted molar refractivity (Wildman–Crippen MR) is 120 cm³/mol. The molecule has 0 unspecified atom stereocenters. The highest BCUT2D eigenvalue weighted by molar-refractivity contribution is 7.92. The monoisotopic (exact) mass is 453 g/mol. The summed E-state index contributed by atoms with van der Waals surface area (Å²) in [6.07, 6.45) is 6.11. The van der Waals surface area contributed by atoms with Crippen LogP contribution in [0.15, 0.2) is 53.5 Å². The number of terminal acetylenes is 1. The van der Waals surface area contributed by atoms with Crippen molar-refractivity contribution in [3.05, 3.63) is 58.9 Å². The van der Waals surface area contributed by atoms with Crippen molar-refractivity contribution in [1.82, 2.24) is 4.57 Å². The Kier molecular flexibility index (Phi) is 5.76. The van der Waals surface area contributed by atoms with E-state index in [2.05, 4.69) is 10.9 Å². The summed E-state index contributed by atoms with van der Waals surface area (Å²) in [5.74, 6) is -0.419. The second-order valence-electron chi connectivity index (χ2n) is 7.10. The number of carbonyl (C=O) groups excluding carboxylic acids is 2. The largest absolute Gasteiger partial charge is 0.311 e. The first kappa shape index (κ1) is 21.0. The molecule has 0 radical (unpaired) electrons. The molecule has 0 N–H and O–H groups in total. The molecule has 2 aromatic carbocycles. The molecular weight excluding hydrogens is 434 g/mol. The van der Waals surface area contributed by atoms with Crippen LogP contribution in [0.1, 0.15) is 5.56 Å². The Bertz CT molecular complexity index is 1390. The molecule has 0 saturated carbocycles. The van der Waals surface area contributed by atoms with Crippen LogP contribution in [0.5, 0.6) is 0 Å². The van der Waals surface area contributed by atoms with E-state index in [9.17, 15) is 18.0 Å². The summed E-state index contributed by atoms with van der Waals surface area (Å²) < 4.78 is 27.6. The van der Waals surface area contributed by atoms with Crippen molar-refractivity contribution < 1.29 is 18.0 Å². The number of hydrogen-bond donors (Lipinski definition) is 0. The van der Waals surface area contributed by atoms with E-state index < -0.39 is 33.2 Å². The van der Waals surface area contributed by atoms with Crippen LogP contribution in [0.4, 0.5) is 5.69 Å². The lowest BCUT2D eigenvalue weighted by Crippen LogP contribution is -2.36. The summed E-state index contributed by atoms with van der Waals surface area (Å²) in [4.78, 5) is 30.8. The lowest BCUT2D eigenvalue weighted by atomic mass is 10.2. The van der Waals surface area contributed by atoms with Crippen molar-refractivity contribution in [2.75, 3.05) is 23.0 Å². The molecule has 0 saturated heterocycles. The normalized spacial score (nSPS) is 13.9. The zero-order valence-electron chi connectivity index (χ0n) is 16.5. The summed E-state index contributed by atoms with van der Waals surface area (Å²) in [6.45, 7) is 0.635. The summed E-state index contributed by atoms with van der Waals surface area (Å²) in [6, 6.07) is 14.8. The number of amides is 2. The van der Waals surface area contributed by atoms with Gasteiger partial charge in [-0.05, 0) is 30.2 Å². The van der Waals surface area contributed by atoms with Gasteiger partial charge in [0.2, 0.25) is 5.91 Å². The Hall–Kier alpha value is -3.22. The molecule has 3 aromatic rings. The third-order valence-corrected chi connectivity index (χ3v) is 7.37. The van der Waals surface area contributed by atoms with E-state index in [1.54, 1.807) is 16.7 Å². The van der Waals surface area contributed by atoms with Crippen molar-refractivity contribution in [3.8, 4) is 12.3 Å². The van der Waals surface area contributed by atoms with E-state index in [0.717, 1.165) is 21.5 Å². The molecule has 0 atom stereocenters. The molecule has 4 rings (SSSR count). The number of hydrogen-bond acceptors (Lipinski definition) is 5. The molecule has 2 heterocycles. The third-order valence-electron chi connectivity index (χ3n) is 4.93. The van der Waals surface area contributed by atoms with E-state index in [4.69, 9.17) is 6.42 Å². The zero-order valence-corrected chi connectivity index (χ0v) is 18.2. The Morgan fingerprint density at radius 2 is 1.84 bits per heavy atom. The number of benzene rings is 2. The van der Waals surface area contributed by atoms with Gasteiger partial charge in [-0.15, -0.1) is 6.42 Å². The summed E-state index contributed by atoms with van der Waals surface area (Å²) >= 11 is 1.25. The van der Waals surface area contributed by atoms with Crippen molar-refractivity contribution in [2.45, 2.75) is 13.0 Å². The molecule has 1 aromatic heterocycles. The molecule has 9 heteroatoms. The summed E-state index contributed by atoms with van der Waals surface area (Å²) in [5, 5.41) is 0. The van der Waals surface area contributed by atoms with Crippen molar-refractivity contribution >= 4 is 48.9 Å². The fraction of sp³-hybridized carbons (Fsp3) is 0.227. The molecule has 31 heavy (non-hydrogen) atoms. The van der Waals surface area contributed by atoms with E-state index in [0.29, 0.717) is 17.8 Å². The second kappa shape index (κ2) is 8.49. The van der Waals surface area contributed by atoms with Gasteiger partial charge in [0.15, 0.2) is 14.6 Å². The van der Waals surface area contributed by atoms with E-state index in [1.807, 2.05) is 36.4 Å². The van der Waals surface area contributed by atoms with Crippen LogP contribution < -0.4 is 9.70 Å². The molecule has 0 aliphatic carbocycles. The van der Waals surface area contributed by atoms with Crippen LogP contribution >= 0.6 is 11.3 Å². The average Bonchev–Trinajstić information content (AvgIpc) is 3.29. The molecule has 0 fully saturated rings. The quantitative estimate of drug-likeness (QED) is 0.551. The lowest BCUT2D eigenvalue weighted by molar-refractivity contribution is -0.116. The molecule has 0 bridgehead atoms. The number of thiazole rings is 1. The number of para-hydroxylation sites is 2. The molecule has 158 valence electrons. The van der Waals surface area contributed by atoms with Crippen LogP contribution in [0.2, 0.25) is 0 Å².